The molecule has 2 atom stereocenters. The van der Waals surface area contributed by atoms with Gasteiger partial charge in [0.2, 0.25) is 0 Å². The van der Waals surface area contributed by atoms with Crippen molar-refractivity contribution in [3.05, 3.63) is 35.4 Å². The number of nitrogens with one attached hydrogen (secondary N) is 2. The van der Waals surface area contributed by atoms with E-state index in [9.17, 15) is 4.21 Å². The van der Waals surface area contributed by atoms with Crippen molar-refractivity contribution in [1.29, 1.82) is 0 Å². The molecule has 0 aliphatic carbocycles. The molecule has 0 radical (unpaired) electrons. The monoisotopic (exact) mass is 328 g/mol. The Labute approximate surface area is 136 Å². The summed E-state index contributed by atoms with van der Waals surface area (Å²) in [5.41, 5.74) is 2.68. The number of hydrogen-bond donors (Lipinski definition) is 2. The maximum Gasteiger partial charge on any atom is 0.0941 e. The summed E-state index contributed by atoms with van der Waals surface area (Å²) in [5, 5.41) is 0.162. The minimum atomic E-state index is -0.936. The van der Waals surface area contributed by atoms with E-state index in [0.29, 0.717) is 5.92 Å². The highest BCUT2D eigenvalue weighted by atomic mass is 32.2. The van der Waals surface area contributed by atoms with Crippen LogP contribution in [0.4, 0.5) is 0 Å². The first-order valence-electron chi connectivity index (χ1n) is 7.53. The molecular weight excluding hydrogens is 300 g/mol. The molecule has 1 aromatic carbocycles. The first-order chi connectivity index (χ1) is 10.0. The van der Waals surface area contributed by atoms with Crippen LogP contribution < -0.4 is 9.44 Å². The van der Waals surface area contributed by atoms with Gasteiger partial charge in [0, 0.05) is 18.3 Å². The molecule has 0 aliphatic heterocycles. The van der Waals surface area contributed by atoms with Crippen LogP contribution in [-0.2, 0) is 17.4 Å². The lowest BCUT2D eigenvalue weighted by atomic mass is 9.99. The van der Waals surface area contributed by atoms with E-state index in [1.54, 1.807) is 11.9 Å². The first-order valence-corrected chi connectivity index (χ1v) is 9.97. The van der Waals surface area contributed by atoms with Crippen LogP contribution in [0.1, 0.15) is 44.2 Å². The molecule has 1 rings (SSSR count). The third-order valence-corrected chi connectivity index (χ3v) is 5.20. The Bertz CT molecular complexity index is 421. The number of benzene rings is 1. The zero-order valence-corrected chi connectivity index (χ0v) is 15.2. The molecule has 0 saturated carbocycles. The third kappa shape index (κ3) is 7.45. The van der Waals surface area contributed by atoms with E-state index in [2.05, 4.69) is 46.9 Å². The molecule has 0 aromatic heterocycles. The molecule has 0 fully saturated rings. The Kier molecular flexibility index (Phi) is 9.24. The van der Waals surface area contributed by atoms with Gasteiger partial charge in [0.15, 0.2) is 0 Å². The van der Waals surface area contributed by atoms with Crippen molar-refractivity contribution in [3.63, 3.8) is 0 Å². The summed E-state index contributed by atoms with van der Waals surface area (Å²) in [4.78, 5) is 0. The van der Waals surface area contributed by atoms with E-state index in [-0.39, 0.29) is 5.25 Å². The van der Waals surface area contributed by atoms with Gasteiger partial charge in [-0.15, -0.1) is 0 Å². The van der Waals surface area contributed by atoms with Crippen molar-refractivity contribution in [2.24, 2.45) is 0 Å². The van der Waals surface area contributed by atoms with Gasteiger partial charge in [-0.1, -0.05) is 43.1 Å². The van der Waals surface area contributed by atoms with Crippen molar-refractivity contribution in [2.45, 2.75) is 44.8 Å². The predicted octanol–water partition coefficient (Wildman–Crippen LogP) is 3.25. The van der Waals surface area contributed by atoms with Crippen LogP contribution in [0.3, 0.4) is 0 Å². The molecule has 0 spiro atoms. The van der Waals surface area contributed by atoms with Crippen LogP contribution in [0.2, 0.25) is 0 Å². The van der Waals surface area contributed by atoms with Crippen LogP contribution in [0.25, 0.3) is 0 Å². The Balaban J connectivity index is 2.40. The molecule has 0 bridgehead atoms. The van der Waals surface area contributed by atoms with Crippen LogP contribution in [0.15, 0.2) is 24.3 Å². The van der Waals surface area contributed by atoms with E-state index in [4.69, 9.17) is 0 Å². The first kappa shape index (κ1) is 18.7. The van der Waals surface area contributed by atoms with E-state index in [0.717, 1.165) is 25.9 Å². The van der Waals surface area contributed by atoms with Gasteiger partial charge in [0.05, 0.1) is 11.0 Å². The summed E-state index contributed by atoms with van der Waals surface area (Å²) in [6.07, 6.45) is 4.32. The topological polar surface area (TPSA) is 41.1 Å². The molecule has 21 heavy (non-hydrogen) atoms. The molecule has 2 N–H and O–H groups in total. The van der Waals surface area contributed by atoms with Crippen LogP contribution in [0.5, 0.6) is 0 Å². The minimum Gasteiger partial charge on any atom is -0.264 e. The average Bonchev–Trinajstić information content (AvgIpc) is 2.49. The van der Waals surface area contributed by atoms with Crippen molar-refractivity contribution in [2.75, 3.05) is 19.3 Å². The maximum atomic E-state index is 11.7. The molecule has 120 valence electrons. The Morgan fingerprint density at radius 2 is 1.86 bits per heavy atom. The second kappa shape index (κ2) is 10.4. The van der Waals surface area contributed by atoms with Gasteiger partial charge in [-0.05, 0) is 50.0 Å². The summed E-state index contributed by atoms with van der Waals surface area (Å²) in [6, 6.07) is 8.82. The molecule has 5 heteroatoms. The van der Waals surface area contributed by atoms with E-state index >= 15 is 0 Å². The quantitative estimate of drug-likeness (QED) is 0.512. The standard InChI is InChI=1S/C16H28N2OS2/c1-13(2)21(19)18-12-14(3)16-9-7-15(8-10-16)6-5-11-17-20-4/h7-10,13-14,17-18H,5-6,11-12H2,1-4H3. The Morgan fingerprint density at radius 1 is 1.19 bits per heavy atom. The lowest BCUT2D eigenvalue weighted by Crippen LogP contribution is -2.27. The zero-order valence-electron chi connectivity index (χ0n) is 13.5. The van der Waals surface area contributed by atoms with E-state index < -0.39 is 11.0 Å². The van der Waals surface area contributed by atoms with Crippen molar-refractivity contribution < 1.29 is 4.21 Å². The summed E-state index contributed by atoms with van der Waals surface area (Å²) in [6.45, 7) is 7.90. The Hall–Kier alpha value is -0.360. The van der Waals surface area contributed by atoms with E-state index in [1.165, 1.54) is 11.1 Å². The fourth-order valence-corrected chi connectivity index (χ4v) is 3.07. The van der Waals surface area contributed by atoms with Gasteiger partial charge in [-0.3, -0.25) is 4.72 Å². The highest BCUT2D eigenvalue weighted by molar-refractivity contribution is 7.96. The minimum absolute atomic E-state index is 0.162. The summed E-state index contributed by atoms with van der Waals surface area (Å²) < 4.78 is 18.1. The molecule has 1 aromatic rings. The third-order valence-electron chi connectivity index (χ3n) is 3.40. The second-order valence-corrected chi connectivity index (χ2v) is 8.06. The molecular formula is C16H28N2OS2. The van der Waals surface area contributed by atoms with Crippen LogP contribution >= 0.6 is 11.9 Å². The molecule has 0 aliphatic rings. The number of rotatable bonds is 10. The number of aryl methyl sites for hydroxylation is 1. The van der Waals surface area contributed by atoms with Crippen molar-refractivity contribution >= 4 is 22.9 Å². The van der Waals surface area contributed by atoms with Crippen molar-refractivity contribution in [3.8, 4) is 0 Å². The maximum absolute atomic E-state index is 11.7. The fourth-order valence-electron chi connectivity index (χ4n) is 1.97. The normalized spacial score (nSPS) is 14.3. The SMILES string of the molecule is CSNCCCc1ccc(C(C)CNS(=O)C(C)C)cc1. The molecule has 0 saturated heterocycles. The number of hydrogen-bond acceptors (Lipinski definition) is 3. The molecule has 2 unspecified atom stereocenters. The van der Waals surface area contributed by atoms with Gasteiger partial charge in [-0.25, -0.2) is 8.93 Å². The smallest absolute Gasteiger partial charge is 0.0941 e. The summed E-state index contributed by atoms with van der Waals surface area (Å²) in [7, 11) is -0.936. The molecule has 0 amide bonds. The van der Waals surface area contributed by atoms with Gasteiger partial charge < -0.3 is 0 Å². The van der Waals surface area contributed by atoms with Gasteiger partial charge in [0.1, 0.15) is 0 Å². The average molecular weight is 329 g/mol. The predicted molar refractivity (Wildman–Crippen MR) is 96.0 cm³/mol. The Morgan fingerprint density at radius 3 is 2.43 bits per heavy atom. The summed E-state index contributed by atoms with van der Waals surface area (Å²) in [5.74, 6) is 0.375. The second-order valence-electron chi connectivity index (χ2n) is 5.54. The van der Waals surface area contributed by atoms with Gasteiger partial charge in [-0.2, -0.15) is 0 Å². The zero-order chi connectivity index (χ0) is 15.7. The van der Waals surface area contributed by atoms with Crippen LogP contribution in [0, 0.1) is 0 Å². The molecule has 0 heterocycles. The van der Waals surface area contributed by atoms with Gasteiger partial charge >= 0.3 is 0 Å². The fraction of sp³-hybridized carbons (Fsp3) is 0.625. The highest BCUT2D eigenvalue weighted by Gasteiger charge is 2.09. The summed E-state index contributed by atoms with van der Waals surface area (Å²) >= 11 is 1.67. The largest absolute Gasteiger partial charge is 0.264 e. The molecule has 3 nitrogen and oxygen atoms in total. The lowest BCUT2D eigenvalue weighted by molar-refractivity contribution is 0.652. The van der Waals surface area contributed by atoms with Gasteiger partial charge in [0.25, 0.3) is 0 Å². The van der Waals surface area contributed by atoms with Crippen LogP contribution in [-0.4, -0.2) is 28.8 Å². The lowest BCUT2D eigenvalue weighted by Gasteiger charge is -2.14. The van der Waals surface area contributed by atoms with Crippen molar-refractivity contribution in [1.82, 2.24) is 9.44 Å². The highest BCUT2D eigenvalue weighted by Crippen LogP contribution is 2.16. The van der Waals surface area contributed by atoms with E-state index in [1.807, 2.05) is 13.8 Å².